The Morgan fingerprint density at radius 2 is 1.88 bits per heavy atom. The average Bonchev–Trinajstić information content (AvgIpc) is 2.78. The molecule has 0 unspecified atom stereocenters. The number of carboxylic acid groups (broad SMARTS) is 1. The minimum absolute atomic E-state index is 0.136. The first kappa shape index (κ1) is 25.4. The monoisotopic (exact) mass is 463 g/mol. The van der Waals surface area contributed by atoms with E-state index in [9.17, 15) is 9.59 Å². The zero-order valence-corrected chi connectivity index (χ0v) is 19.0. The predicted molar refractivity (Wildman–Crippen MR) is 124 cm³/mol. The van der Waals surface area contributed by atoms with Gasteiger partial charge in [0, 0.05) is 61.8 Å². The summed E-state index contributed by atoms with van der Waals surface area (Å²) < 4.78 is 10.9. The molecule has 9 heteroatoms. The number of nitrogens with one attached hydrogen (secondary N) is 1. The van der Waals surface area contributed by atoms with Crippen LogP contribution in [0.5, 0.6) is 5.75 Å². The van der Waals surface area contributed by atoms with Crippen molar-refractivity contribution in [3.8, 4) is 5.75 Å². The van der Waals surface area contributed by atoms with Gasteiger partial charge in [0.25, 0.3) is 5.91 Å². The van der Waals surface area contributed by atoms with E-state index in [1.807, 2.05) is 12.1 Å². The number of aliphatic carboxylic acids is 1. The molecule has 8 nitrogen and oxygen atoms in total. The first-order valence-corrected chi connectivity index (χ1v) is 10.9. The highest BCUT2D eigenvalue weighted by molar-refractivity contribution is 6.31. The minimum Gasteiger partial charge on any atom is -0.492 e. The molecule has 0 saturated heterocycles. The van der Waals surface area contributed by atoms with Crippen LogP contribution in [-0.2, 0) is 9.53 Å². The van der Waals surface area contributed by atoms with Gasteiger partial charge >= 0.3 is 5.97 Å². The lowest BCUT2D eigenvalue weighted by Crippen LogP contribution is -2.34. The summed E-state index contributed by atoms with van der Waals surface area (Å²) in [5, 5.41) is 12.4. The van der Waals surface area contributed by atoms with Crippen molar-refractivity contribution < 1.29 is 24.2 Å². The van der Waals surface area contributed by atoms with Crippen LogP contribution in [0.25, 0.3) is 0 Å². The van der Waals surface area contributed by atoms with Gasteiger partial charge in [0.05, 0.1) is 6.61 Å². The van der Waals surface area contributed by atoms with E-state index in [1.54, 1.807) is 42.6 Å². The standard InChI is InChI=1S/C23H30ClN3O5/c1-31-14-12-27(11-4-2-3-5-22(28)29)23(30)18-15-19(24)17-21(16-18)32-13-10-26-20-6-8-25-9-7-20/h6-9,15-17H,2-5,10-14H2,1H3,(H,25,26)(H,28,29). The summed E-state index contributed by atoms with van der Waals surface area (Å²) in [6, 6.07) is 8.72. The summed E-state index contributed by atoms with van der Waals surface area (Å²) in [5.74, 6) is -0.451. The fraction of sp³-hybridized carbons (Fsp3) is 0.435. The lowest BCUT2D eigenvalue weighted by molar-refractivity contribution is -0.137. The highest BCUT2D eigenvalue weighted by Crippen LogP contribution is 2.22. The Kier molecular flexibility index (Phi) is 11.3. The van der Waals surface area contributed by atoms with Gasteiger partial charge in [-0.05, 0) is 43.2 Å². The zero-order chi connectivity index (χ0) is 23.2. The summed E-state index contributed by atoms with van der Waals surface area (Å²) in [7, 11) is 1.58. The van der Waals surface area contributed by atoms with E-state index in [4.69, 9.17) is 26.2 Å². The van der Waals surface area contributed by atoms with Crippen LogP contribution in [-0.4, -0.2) is 66.8 Å². The maximum atomic E-state index is 13.1. The van der Waals surface area contributed by atoms with Crippen LogP contribution in [0.15, 0.2) is 42.7 Å². The van der Waals surface area contributed by atoms with Crippen molar-refractivity contribution in [3.05, 3.63) is 53.3 Å². The Morgan fingerprint density at radius 3 is 2.59 bits per heavy atom. The lowest BCUT2D eigenvalue weighted by atomic mass is 10.1. The van der Waals surface area contributed by atoms with Crippen LogP contribution in [0, 0.1) is 0 Å². The van der Waals surface area contributed by atoms with Gasteiger partial charge in [0.1, 0.15) is 12.4 Å². The lowest BCUT2D eigenvalue weighted by Gasteiger charge is -2.23. The molecule has 0 saturated carbocycles. The highest BCUT2D eigenvalue weighted by Gasteiger charge is 2.17. The van der Waals surface area contributed by atoms with Gasteiger partial charge in [-0.15, -0.1) is 0 Å². The Balaban J connectivity index is 1.93. The molecule has 0 aliphatic heterocycles. The summed E-state index contributed by atoms with van der Waals surface area (Å²) >= 11 is 6.23. The Morgan fingerprint density at radius 1 is 1.09 bits per heavy atom. The molecule has 2 N–H and O–H groups in total. The van der Waals surface area contributed by atoms with Crippen molar-refractivity contribution >= 4 is 29.2 Å². The third kappa shape index (κ3) is 9.53. The summed E-state index contributed by atoms with van der Waals surface area (Å²) in [6.45, 7) is 2.34. The van der Waals surface area contributed by atoms with Crippen LogP contribution in [0.1, 0.15) is 36.0 Å². The molecular formula is C23H30ClN3O5. The highest BCUT2D eigenvalue weighted by atomic mass is 35.5. The molecule has 1 aromatic heterocycles. The normalized spacial score (nSPS) is 10.6. The molecule has 2 aromatic rings. The van der Waals surface area contributed by atoms with E-state index in [-0.39, 0.29) is 12.3 Å². The minimum atomic E-state index is -0.806. The van der Waals surface area contributed by atoms with E-state index < -0.39 is 5.97 Å². The number of aromatic nitrogens is 1. The number of unbranched alkanes of at least 4 members (excludes halogenated alkanes) is 2. The van der Waals surface area contributed by atoms with Gasteiger partial charge in [-0.2, -0.15) is 0 Å². The van der Waals surface area contributed by atoms with Crippen LogP contribution in [0.4, 0.5) is 5.69 Å². The maximum absolute atomic E-state index is 13.1. The summed E-state index contributed by atoms with van der Waals surface area (Å²) in [4.78, 5) is 29.4. The zero-order valence-electron chi connectivity index (χ0n) is 18.3. The molecule has 2 rings (SSSR count). The molecule has 0 aliphatic carbocycles. The number of ether oxygens (including phenoxy) is 2. The second-order valence-corrected chi connectivity index (χ2v) is 7.61. The van der Waals surface area contributed by atoms with Crippen molar-refractivity contribution in [1.82, 2.24) is 9.88 Å². The third-order valence-electron chi connectivity index (χ3n) is 4.67. The number of carboxylic acids is 1. The van der Waals surface area contributed by atoms with Gasteiger partial charge in [-0.1, -0.05) is 18.0 Å². The number of nitrogens with zero attached hydrogens (tertiary/aromatic N) is 2. The number of anilines is 1. The van der Waals surface area contributed by atoms with E-state index in [0.717, 1.165) is 12.1 Å². The molecule has 0 spiro atoms. The molecule has 0 fully saturated rings. The van der Waals surface area contributed by atoms with Crippen molar-refractivity contribution in [2.45, 2.75) is 25.7 Å². The second-order valence-electron chi connectivity index (χ2n) is 7.18. The molecule has 0 aliphatic rings. The number of carbonyl (C=O) groups excluding carboxylic acids is 1. The van der Waals surface area contributed by atoms with Gasteiger partial charge in [0.15, 0.2) is 0 Å². The largest absolute Gasteiger partial charge is 0.492 e. The maximum Gasteiger partial charge on any atom is 0.303 e. The van der Waals surface area contributed by atoms with Gasteiger partial charge in [-0.25, -0.2) is 0 Å². The summed E-state index contributed by atoms with van der Waals surface area (Å²) in [5.41, 5.74) is 1.39. The van der Waals surface area contributed by atoms with Crippen LogP contribution < -0.4 is 10.1 Å². The van der Waals surface area contributed by atoms with Crippen LogP contribution in [0.3, 0.4) is 0 Å². The Hall–Kier alpha value is -2.84. The molecule has 0 atom stereocenters. The van der Waals surface area contributed by atoms with E-state index in [2.05, 4.69) is 10.3 Å². The molecule has 0 bridgehead atoms. The number of halogens is 1. The number of rotatable bonds is 15. The average molecular weight is 464 g/mol. The first-order chi connectivity index (χ1) is 15.5. The van der Waals surface area contributed by atoms with Crippen molar-refractivity contribution in [2.24, 2.45) is 0 Å². The number of amides is 1. The molecule has 1 heterocycles. The van der Waals surface area contributed by atoms with Gasteiger partial charge in [-0.3, -0.25) is 14.6 Å². The predicted octanol–water partition coefficient (Wildman–Crippen LogP) is 3.96. The second kappa shape index (κ2) is 14.3. The SMILES string of the molecule is COCCN(CCCCCC(=O)O)C(=O)c1cc(Cl)cc(OCCNc2ccncc2)c1. The third-order valence-corrected chi connectivity index (χ3v) is 4.89. The van der Waals surface area contributed by atoms with Gasteiger partial charge < -0.3 is 24.8 Å². The molecular weight excluding hydrogens is 434 g/mol. The fourth-order valence-corrected chi connectivity index (χ4v) is 3.28. The number of hydrogen-bond donors (Lipinski definition) is 2. The molecule has 0 radical (unpaired) electrons. The van der Waals surface area contributed by atoms with Crippen LogP contribution >= 0.6 is 11.6 Å². The number of benzene rings is 1. The number of hydrogen-bond acceptors (Lipinski definition) is 6. The fourth-order valence-electron chi connectivity index (χ4n) is 3.06. The molecule has 1 aromatic carbocycles. The quantitative estimate of drug-likeness (QED) is 0.385. The first-order valence-electron chi connectivity index (χ1n) is 10.6. The number of pyridine rings is 1. The van der Waals surface area contributed by atoms with Crippen molar-refractivity contribution in [2.75, 3.05) is 45.3 Å². The number of carbonyl (C=O) groups is 2. The molecule has 1 amide bonds. The Bertz CT molecular complexity index is 851. The van der Waals surface area contributed by atoms with Crippen LogP contribution in [0.2, 0.25) is 5.02 Å². The Labute approximate surface area is 193 Å². The summed E-state index contributed by atoms with van der Waals surface area (Å²) in [6.07, 6.45) is 5.59. The molecule has 174 valence electrons. The smallest absolute Gasteiger partial charge is 0.303 e. The van der Waals surface area contributed by atoms with E-state index in [1.165, 1.54) is 0 Å². The van der Waals surface area contributed by atoms with Crippen molar-refractivity contribution in [1.29, 1.82) is 0 Å². The van der Waals surface area contributed by atoms with E-state index in [0.29, 0.717) is 62.0 Å². The number of methoxy groups -OCH3 is 1. The van der Waals surface area contributed by atoms with Gasteiger partial charge in [0.2, 0.25) is 0 Å². The van der Waals surface area contributed by atoms with E-state index >= 15 is 0 Å². The topological polar surface area (TPSA) is 101 Å². The molecule has 32 heavy (non-hydrogen) atoms. The van der Waals surface area contributed by atoms with Crippen molar-refractivity contribution in [3.63, 3.8) is 0 Å².